The summed E-state index contributed by atoms with van der Waals surface area (Å²) in [6, 6.07) is 44.3. The highest BCUT2D eigenvalue weighted by Crippen LogP contribution is 2.46. The Kier molecular flexibility index (Phi) is 4.62. The number of hydrogen-bond acceptors (Lipinski definition) is 0. The van der Waals surface area contributed by atoms with Crippen molar-refractivity contribution in [3.63, 3.8) is 0 Å². The molecule has 0 saturated heterocycles. The number of rotatable bonds is 3. The monoisotopic (exact) mass is 613 g/mol. The van der Waals surface area contributed by atoms with Crippen molar-refractivity contribution in [2.45, 2.75) is 0 Å². The molecule has 0 aliphatic rings. The topological polar surface area (TPSA) is 0 Å². The summed E-state index contributed by atoms with van der Waals surface area (Å²) in [5.74, 6) is 0. The summed E-state index contributed by atoms with van der Waals surface area (Å²) in [4.78, 5) is 0. The van der Waals surface area contributed by atoms with Gasteiger partial charge in [-0.15, -0.1) is 0 Å². The summed E-state index contributed by atoms with van der Waals surface area (Å²) in [7, 11) is 0. The molecule has 0 radical (unpaired) electrons. The van der Waals surface area contributed by atoms with Crippen LogP contribution in [0.25, 0.3) is 98.0 Å². The largest absolute Gasteiger partial charge is 0.0636 e. The smallest absolute Gasteiger partial charge is 0.0616 e. The first-order valence-electron chi connectivity index (χ1n) is 19.6. The average molecular weight is 614 g/mol. The molecule has 0 aliphatic heterocycles. The van der Waals surface area contributed by atoms with Gasteiger partial charge < -0.3 is 0 Å². The first-order chi connectivity index (χ1) is 26.7. The Hall–Kier alpha value is -6.24. The van der Waals surface area contributed by atoms with Gasteiger partial charge in [0.05, 0.1) is 9.60 Å². The highest BCUT2D eigenvalue weighted by atomic mass is 14.2. The fourth-order valence-corrected chi connectivity index (χ4v) is 7.30. The number of hydrogen-bond donors (Lipinski definition) is 0. The Morgan fingerprint density at radius 1 is 0.292 bits per heavy atom. The van der Waals surface area contributed by atoms with Crippen molar-refractivity contribution < 1.29 is 9.60 Å². The molecular formula is C48H30. The van der Waals surface area contributed by atoms with E-state index in [0.29, 0.717) is 44.2 Å². The van der Waals surface area contributed by atoms with Crippen LogP contribution in [-0.2, 0) is 0 Å². The molecule has 0 unspecified atom stereocenters. The van der Waals surface area contributed by atoms with Gasteiger partial charge >= 0.3 is 0 Å². The summed E-state index contributed by atoms with van der Waals surface area (Å²) in [6.07, 6.45) is 0. The third-order valence-corrected chi connectivity index (χ3v) is 9.61. The SMILES string of the molecule is [2H]c1c([2H])c([2H])c2c(-c3ccc4c(ccc5ccccc54)c3)c3c([2H])c(-c4ccc5ccccc5c4)c([2H])c([2H])c3c(-c3ccc4ccccc4c3)c2c1[2H]. The second kappa shape index (κ2) is 10.7. The Morgan fingerprint density at radius 3 is 1.50 bits per heavy atom. The molecule has 10 rings (SSSR count). The van der Waals surface area contributed by atoms with Crippen LogP contribution in [0, 0.1) is 0 Å². The summed E-state index contributed by atoms with van der Waals surface area (Å²) in [5.41, 5.74) is 3.07. The maximum absolute atomic E-state index is 10.1. The lowest BCUT2D eigenvalue weighted by molar-refractivity contribution is 1.66. The highest BCUT2D eigenvalue weighted by Gasteiger charge is 2.18. The third-order valence-electron chi connectivity index (χ3n) is 9.61. The van der Waals surface area contributed by atoms with Crippen molar-refractivity contribution in [2.75, 3.05) is 0 Å². The van der Waals surface area contributed by atoms with Crippen LogP contribution in [-0.4, -0.2) is 0 Å². The van der Waals surface area contributed by atoms with Gasteiger partial charge in [-0.2, -0.15) is 0 Å². The predicted octanol–water partition coefficient (Wildman–Crippen LogP) is 13.6. The van der Waals surface area contributed by atoms with Gasteiger partial charge in [-0.3, -0.25) is 0 Å². The lowest BCUT2D eigenvalue weighted by atomic mass is 9.84. The third kappa shape index (κ3) is 4.24. The van der Waals surface area contributed by atoms with E-state index >= 15 is 0 Å². The standard InChI is InChI=1S/C48H30/c1-3-12-34-27-36(20-17-31(34)9-1)37-23-26-45-46(30-37)48(40-24-25-42-38(29-40)21-19-33-11-5-6-14-41(33)42)44-16-8-7-15-43(44)47(45)39-22-18-32-10-2-4-13-35(32)28-39/h1-30H/i7D,8D,15D,16D,23D,26D,30D. The first kappa shape index (κ1) is 20.8. The van der Waals surface area contributed by atoms with E-state index < -0.39 is 0 Å². The fraction of sp³-hybridized carbons (Fsp3) is 0. The summed E-state index contributed by atoms with van der Waals surface area (Å²) in [6.45, 7) is 0. The minimum atomic E-state index is -0.383. The minimum absolute atomic E-state index is 0.0243. The van der Waals surface area contributed by atoms with Crippen LogP contribution in [0.4, 0.5) is 0 Å². The van der Waals surface area contributed by atoms with Crippen molar-refractivity contribution in [1.82, 2.24) is 0 Å². The van der Waals surface area contributed by atoms with Gasteiger partial charge in [0.15, 0.2) is 0 Å². The van der Waals surface area contributed by atoms with Gasteiger partial charge in [0, 0.05) is 0 Å². The van der Waals surface area contributed by atoms with E-state index in [1.165, 1.54) is 0 Å². The molecule has 10 aromatic rings. The average Bonchev–Trinajstić information content (AvgIpc) is 3.22. The molecule has 222 valence electrons. The van der Waals surface area contributed by atoms with E-state index in [1.54, 1.807) is 0 Å². The van der Waals surface area contributed by atoms with Gasteiger partial charge in [-0.05, 0) is 122 Å². The molecule has 10 aromatic carbocycles. The Bertz CT molecular complexity index is 3290. The van der Waals surface area contributed by atoms with Crippen molar-refractivity contribution in [3.05, 3.63) is 182 Å². The zero-order chi connectivity index (χ0) is 37.7. The number of fused-ring (bicyclic) bond motifs is 7. The Labute approximate surface area is 289 Å². The summed E-state index contributed by atoms with van der Waals surface area (Å²) < 4.78 is 66.1. The molecule has 0 aliphatic carbocycles. The van der Waals surface area contributed by atoms with Crippen LogP contribution < -0.4 is 0 Å². The minimum Gasteiger partial charge on any atom is -0.0616 e. The van der Waals surface area contributed by atoms with Gasteiger partial charge in [-0.1, -0.05) is 158 Å². The highest BCUT2D eigenvalue weighted by molar-refractivity contribution is 6.23. The van der Waals surface area contributed by atoms with Crippen molar-refractivity contribution >= 4 is 64.6 Å². The van der Waals surface area contributed by atoms with Gasteiger partial charge in [-0.25, -0.2) is 0 Å². The number of benzene rings is 10. The normalized spacial score (nSPS) is 13.8. The molecule has 0 nitrogen and oxygen atoms in total. The molecule has 0 N–H and O–H groups in total. The molecule has 0 heterocycles. The lowest BCUT2D eigenvalue weighted by Gasteiger charge is -2.19. The van der Waals surface area contributed by atoms with Crippen LogP contribution in [0.2, 0.25) is 0 Å². The first-order valence-corrected chi connectivity index (χ1v) is 16.1. The zero-order valence-corrected chi connectivity index (χ0v) is 25.8. The quantitative estimate of drug-likeness (QED) is 0.137. The molecule has 0 atom stereocenters. The Balaban J connectivity index is 1.44. The second-order valence-corrected chi connectivity index (χ2v) is 12.3. The molecule has 0 heteroatoms. The van der Waals surface area contributed by atoms with Gasteiger partial charge in [0.25, 0.3) is 0 Å². The maximum atomic E-state index is 10.1. The molecule has 0 bridgehead atoms. The molecule has 0 spiro atoms. The molecule has 0 fully saturated rings. The van der Waals surface area contributed by atoms with E-state index in [4.69, 9.17) is 2.74 Å². The fourth-order valence-electron chi connectivity index (χ4n) is 7.30. The van der Waals surface area contributed by atoms with Crippen LogP contribution in [0.1, 0.15) is 9.60 Å². The zero-order valence-electron chi connectivity index (χ0n) is 32.8. The van der Waals surface area contributed by atoms with E-state index in [-0.39, 0.29) is 53.1 Å². The summed E-state index contributed by atoms with van der Waals surface area (Å²) in [5, 5.41) is 9.22. The maximum Gasteiger partial charge on any atom is 0.0636 e. The molecular weight excluding hydrogens is 577 g/mol. The Morgan fingerprint density at radius 2 is 0.771 bits per heavy atom. The van der Waals surface area contributed by atoms with Crippen molar-refractivity contribution in [3.8, 4) is 33.4 Å². The molecule has 0 amide bonds. The van der Waals surface area contributed by atoms with Crippen LogP contribution in [0.5, 0.6) is 0 Å². The van der Waals surface area contributed by atoms with E-state index in [2.05, 4.69) is 18.2 Å². The molecule has 48 heavy (non-hydrogen) atoms. The second-order valence-electron chi connectivity index (χ2n) is 12.3. The van der Waals surface area contributed by atoms with E-state index in [9.17, 15) is 6.85 Å². The van der Waals surface area contributed by atoms with E-state index in [1.807, 2.05) is 121 Å². The van der Waals surface area contributed by atoms with Crippen molar-refractivity contribution in [1.29, 1.82) is 0 Å². The van der Waals surface area contributed by atoms with Crippen LogP contribution in [0.15, 0.2) is 182 Å². The van der Waals surface area contributed by atoms with E-state index in [0.717, 1.165) is 43.1 Å². The lowest BCUT2D eigenvalue weighted by Crippen LogP contribution is -1.92. The van der Waals surface area contributed by atoms with Gasteiger partial charge in [0.2, 0.25) is 0 Å². The molecule has 0 aromatic heterocycles. The van der Waals surface area contributed by atoms with Gasteiger partial charge in [0.1, 0.15) is 0 Å². The van der Waals surface area contributed by atoms with Crippen molar-refractivity contribution in [2.24, 2.45) is 0 Å². The van der Waals surface area contributed by atoms with Crippen LogP contribution >= 0.6 is 0 Å². The molecule has 0 saturated carbocycles. The predicted molar refractivity (Wildman–Crippen MR) is 208 cm³/mol. The van der Waals surface area contributed by atoms with Crippen LogP contribution in [0.3, 0.4) is 0 Å². The summed E-state index contributed by atoms with van der Waals surface area (Å²) >= 11 is 0.